The molecule has 0 aliphatic rings. The van der Waals surface area contributed by atoms with Crippen molar-refractivity contribution >= 4 is 23.4 Å². The number of benzene rings is 3. The van der Waals surface area contributed by atoms with Gasteiger partial charge in [0.25, 0.3) is 0 Å². The summed E-state index contributed by atoms with van der Waals surface area (Å²) in [6.45, 7) is 2.98. The van der Waals surface area contributed by atoms with Crippen LogP contribution in [0.2, 0.25) is 5.02 Å². The number of carbonyl (C=O) groups is 2. The molecule has 3 rings (SSSR count). The average molecular weight is 493 g/mol. The molecule has 0 bridgehead atoms. The first-order valence-corrected chi connectivity index (χ1v) is 12.4. The van der Waals surface area contributed by atoms with Gasteiger partial charge < -0.3 is 15.0 Å². The largest absolute Gasteiger partial charge is 0.497 e. The lowest BCUT2D eigenvalue weighted by Gasteiger charge is -2.32. The van der Waals surface area contributed by atoms with Crippen LogP contribution in [0, 0.1) is 0 Å². The highest BCUT2D eigenvalue weighted by molar-refractivity contribution is 6.30. The molecule has 6 heteroatoms. The molecular weight excluding hydrogens is 460 g/mol. The molecule has 35 heavy (non-hydrogen) atoms. The van der Waals surface area contributed by atoms with E-state index in [9.17, 15) is 9.59 Å². The van der Waals surface area contributed by atoms with Gasteiger partial charge >= 0.3 is 0 Å². The molecule has 184 valence electrons. The Bertz CT molecular complexity index is 1070. The number of unbranched alkanes of at least 4 members (excludes halogenated alkanes) is 1. The van der Waals surface area contributed by atoms with Crippen molar-refractivity contribution in [2.75, 3.05) is 13.7 Å². The summed E-state index contributed by atoms with van der Waals surface area (Å²) in [5, 5.41) is 3.66. The molecular formula is C29H33ClN2O3. The second-order valence-corrected chi connectivity index (χ2v) is 8.96. The van der Waals surface area contributed by atoms with Crippen LogP contribution in [0.4, 0.5) is 0 Å². The molecule has 2 amide bonds. The van der Waals surface area contributed by atoms with E-state index in [1.807, 2.05) is 66.7 Å². The van der Waals surface area contributed by atoms with Crippen molar-refractivity contribution in [1.82, 2.24) is 10.2 Å². The smallest absolute Gasteiger partial charge is 0.243 e. The standard InChI is InChI=1S/C29H33ClN2O3/c1-3-4-18-31-29(34)27(19-22-8-6-5-7-9-22)32(21-24-12-16-26(35-2)17-13-24)28(33)20-23-10-14-25(30)15-11-23/h5-17,27H,3-4,18-21H2,1-2H3,(H,31,34)/t27-/m1/s1. The summed E-state index contributed by atoms with van der Waals surface area (Å²) >= 11 is 6.03. The van der Waals surface area contributed by atoms with Crippen molar-refractivity contribution in [3.63, 3.8) is 0 Å². The van der Waals surface area contributed by atoms with Gasteiger partial charge in [-0.15, -0.1) is 0 Å². The van der Waals surface area contributed by atoms with Crippen molar-refractivity contribution in [3.05, 3.63) is 101 Å². The quantitative estimate of drug-likeness (QED) is 0.342. The van der Waals surface area contributed by atoms with E-state index in [0.29, 0.717) is 24.5 Å². The summed E-state index contributed by atoms with van der Waals surface area (Å²) in [5.74, 6) is 0.487. The number of halogens is 1. The van der Waals surface area contributed by atoms with Crippen molar-refractivity contribution < 1.29 is 14.3 Å². The second kappa shape index (κ2) is 13.5. The minimum atomic E-state index is -0.642. The summed E-state index contributed by atoms with van der Waals surface area (Å²) in [7, 11) is 1.62. The van der Waals surface area contributed by atoms with Crippen molar-refractivity contribution in [1.29, 1.82) is 0 Å². The first-order chi connectivity index (χ1) is 17.0. The first kappa shape index (κ1) is 26.3. The molecule has 0 aliphatic heterocycles. The molecule has 0 aromatic heterocycles. The minimum absolute atomic E-state index is 0.116. The van der Waals surface area contributed by atoms with Gasteiger partial charge in [0, 0.05) is 24.5 Å². The van der Waals surface area contributed by atoms with Gasteiger partial charge in [-0.3, -0.25) is 9.59 Å². The Morgan fingerprint density at radius 3 is 2.20 bits per heavy atom. The van der Waals surface area contributed by atoms with Crippen LogP contribution in [-0.4, -0.2) is 36.4 Å². The zero-order valence-electron chi connectivity index (χ0n) is 20.4. The maximum absolute atomic E-state index is 13.7. The maximum atomic E-state index is 13.7. The Morgan fingerprint density at radius 1 is 0.914 bits per heavy atom. The molecule has 0 radical (unpaired) electrons. The molecule has 0 fully saturated rings. The highest BCUT2D eigenvalue weighted by Gasteiger charge is 2.30. The molecule has 0 saturated heterocycles. The summed E-state index contributed by atoms with van der Waals surface area (Å²) in [6, 6.07) is 24.0. The highest BCUT2D eigenvalue weighted by Crippen LogP contribution is 2.19. The van der Waals surface area contributed by atoms with Gasteiger partial charge in [-0.1, -0.05) is 79.5 Å². The molecule has 0 unspecified atom stereocenters. The lowest BCUT2D eigenvalue weighted by atomic mass is 10.0. The second-order valence-electron chi connectivity index (χ2n) is 8.52. The molecule has 3 aromatic rings. The molecule has 5 nitrogen and oxygen atoms in total. The van der Waals surface area contributed by atoms with Gasteiger partial charge in [-0.2, -0.15) is 0 Å². The number of hydrogen-bond acceptors (Lipinski definition) is 3. The third-order valence-electron chi connectivity index (χ3n) is 5.88. The van der Waals surface area contributed by atoms with Gasteiger partial charge in [-0.25, -0.2) is 0 Å². The highest BCUT2D eigenvalue weighted by atomic mass is 35.5. The summed E-state index contributed by atoms with van der Waals surface area (Å²) < 4.78 is 5.27. The number of methoxy groups -OCH3 is 1. The van der Waals surface area contributed by atoms with Gasteiger partial charge in [0.05, 0.1) is 13.5 Å². The van der Waals surface area contributed by atoms with Crippen LogP contribution in [0.5, 0.6) is 5.75 Å². The molecule has 0 spiro atoms. The zero-order chi connectivity index (χ0) is 25.0. The number of nitrogens with zero attached hydrogens (tertiary/aromatic N) is 1. The van der Waals surface area contributed by atoms with E-state index < -0.39 is 6.04 Å². The van der Waals surface area contributed by atoms with E-state index in [0.717, 1.165) is 35.3 Å². The van der Waals surface area contributed by atoms with Gasteiger partial charge in [0.2, 0.25) is 11.8 Å². The zero-order valence-corrected chi connectivity index (χ0v) is 21.1. The number of nitrogens with one attached hydrogen (secondary N) is 1. The topological polar surface area (TPSA) is 58.6 Å². The predicted molar refractivity (Wildman–Crippen MR) is 141 cm³/mol. The fourth-order valence-corrected chi connectivity index (χ4v) is 3.99. The average Bonchev–Trinajstić information content (AvgIpc) is 2.88. The minimum Gasteiger partial charge on any atom is -0.497 e. The van der Waals surface area contributed by atoms with Crippen LogP contribution in [-0.2, 0) is 29.0 Å². The van der Waals surface area contributed by atoms with Crippen molar-refractivity contribution in [2.24, 2.45) is 0 Å². The van der Waals surface area contributed by atoms with Gasteiger partial charge in [0.1, 0.15) is 11.8 Å². The number of hydrogen-bond donors (Lipinski definition) is 1. The Labute approximate surface area is 213 Å². The van der Waals surface area contributed by atoms with Crippen molar-refractivity contribution in [3.8, 4) is 5.75 Å². The van der Waals surface area contributed by atoms with Crippen LogP contribution < -0.4 is 10.1 Å². The monoisotopic (exact) mass is 492 g/mol. The van der Waals surface area contributed by atoms with Gasteiger partial charge in [-0.05, 0) is 47.4 Å². The van der Waals surface area contributed by atoms with E-state index in [2.05, 4.69) is 12.2 Å². The van der Waals surface area contributed by atoms with Crippen LogP contribution in [0.3, 0.4) is 0 Å². The van der Waals surface area contributed by atoms with Crippen LogP contribution >= 0.6 is 11.6 Å². The SMILES string of the molecule is CCCCNC(=O)[C@@H](Cc1ccccc1)N(Cc1ccc(OC)cc1)C(=O)Cc1ccc(Cl)cc1. The van der Waals surface area contributed by atoms with E-state index >= 15 is 0 Å². The predicted octanol–water partition coefficient (Wildman–Crippen LogP) is 5.45. The van der Waals surface area contributed by atoms with E-state index in [4.69, 9.17) is 16.3 Å². The summed E-state index contributed by atoms with van der Waals surface area (Å²) in [6.07, 6.45) is 2.48. The lowest BCUT2D eigenvalue weighted by Crippen LogP contribution is -2.51. The number of rotatable bonds is 12. The third kappa shape index (κ3) is 8.15. The van der Waals surface area contributed by atoms with Crippen LogP contribution in [0.1, 0.15) is 36.5 Å². The third-order valence-corrected chi connectivity index (χ3v) is 6.13. The maximum Gasteiger partial charge on any atom is 0.243 e. The Hall–Kier alpha value is -3.31. The van der Waals surface area contributed by atoms with E-state index in [1.54, 1.807) is 24.1 Å². The first-order valence-electron chi connectivity index (χ1n) is 12.0. The fourth-order valence-electron chi connectivity index (χ4n) is 3.87. The molecule has 1 atom stereocenters. The van der Waals surface area contributed by atoms with Crippen molar-refractivity contribution in [2.45, 2.75) is 45.2 Å². The molecule has 3 aromatic carbocycles. The number of amides is 2. The van der Waals surface area contributed by atoms with Gasteiger partial charge in [0.15, 0.2) is 0 Å². The molecule has 1 N–H and O–H groups in total. The fraction of sp³-hybridized carbons (Fsp3) is 0.310. The van der Waals surface area contributed by atoms with E-state index in [-0.39, 0.29) is 18.2 Å². The van der Waals surface area contributed by atoms with E-state index in [1.165, 1.54) is 0 Å². The van der Waals surface area contributed by atoms with Crippen LogP contribution in [0.15, 0.2) is 78.9 Å². The summed E-state index contributed by atoms with van der Waals surface area (Å²) in [4.78, 5) is 28.8. The molecule has 0 aliphatic carbocycles. The Kier molecular flexibility index (Phi) is 10.2. The molecule has 0 heterocycles. The number of ether oxygens (including phenoxy) is 1. The van der Waals surface area contributed by atoms with Crippen LogP contribution in [0.25, 0.3) is 0 Å². The Morgan fingerprint density at radius 2 is 1.57 bits per heavy atom. The normalized spacial score (nSPS) is 11.5. The lowest BCUT2D eigenvalue weighted by molar-refractivity contribution is -0.140. The summed E-state index contributed by atoms with van der Waals surface area (Å²) in [5.41, 5.74) is 2.78. The Balaban J connectivity index is 1.92. The number of carbonyl (C=O) groups excluding carboxylic acids is 2. The molecule has 0 saturated carbocycles.